The van der Waals surface area contributed by atoms with Crippen LogP contribution in [0.2, 0.25) is 5.02 Å². The first-order chi connectivity index (χ1) is 17.5. The van der Waals surface area contributed by atoms with Crippen molar-refractivity contribution in [2.24, 2.45) is 11.0 Å². The minimum atomic E-state index is -0.336. The fourth-order valence-electron chi connectivity index (χ4n) is 4.13. The molecular formula is C29H25ClN4O2. The molecule has 0 atom stereocenters. The monoisotopic (exact) mass is 496 g/mol. The largest absolute Gasteiger partial charge is 0.326 e. The number of fused-ring (bicyclic) bond motifs is 1. The Morgan fingerprint density at radius 1 is 0.972 bits per heavy atom. The number of benzene rings is 3. The van der Waals surface area contributed by atoms with E-state index in [1.165, 1.54) is 0 Å². The summed E-state index contributed by atoms with van der Waals surface area (Å²) in [5.41, 5.74) is 7.56. The zero-order valence-electron chi connectivity index (χ0n) is 19.8. The lowest BCUT2D eigenvalue weighted by Gasteiger charge is -2.24. The molecule has 1 aliphatic rings. The number of halogens is 1. The van der Waals surface area contributed by atoms with Gasteiger partial charge in [-0.25, -0.2) is 10.4 Å². The van der Waals surface area contributed by atoms with E-state index in [0.717, 1.165) is 41.5 Å². The molecule has 1 aromatic heterocycles. The summed E-state index contributed by atoms with van der Waals surface area (Å²) in [4.78, 5) is 30.2. The van der Waals surface area contributed by atoms with Gasteiger partial charge in [-0.3, -0.25) is 9.59 Å². The van der Waals surface area contributed by atoms with Crippen molar-refractivity contribution >= 4 is 45.7 Å². The molecule has 0 aliphatic heterocycles. The molecule has 3 aromatic carbocycles. The predicted molar refractivity (Wildman–Crippen MR) is 144 cm³/mol. The van der Waals surface area contributed by atoms with Gasteiger partial charge >= 0.3 is 0 Å². The van der Waals surface area contributed by atoms with E-state index in [1.54, 1.807) is 18.2 Å². The van der Waals surface area contributed by atoms with Crippen molar-refractivity contribution in [3.63, 3.8) is 0 Å². The van der Waals surface area contributed by atoms with Gasteiger partial charge in [0.1, 0.15) is 0 Å². The van der Waals surface area contributed by atoms with Crippen LogP contribution in [0.15, 0.2) is 84.0 Å². The highest BCUT2D eigenvalue weighted by molar-refractivity contribution is 6.30. The molecule has 0 saturated heterocycles. The summed E-state index contributed by atoms with van der Waals surface area (Å²) in [5.74, 6) is -0.171. The predicted octanol–water partition coefficient (Wildman–Crippen LogP) is 6.45. The Kier molecular flexibility index (Phi) is 6.78. The molecule has 180 valence electrons. The molecule has 1 fully saturated rings. The first-order valence-corrected chi connectivity index (χ1v) is 12.3. The van der Waals surface area contributed by atoms with Crippen molar-refractivity contribution in [1.82, 2.24) is 10.4 Å². The lowest BCUT2D eigenvalue weighted by molar-refractivity contribution is -0.122. The number of aromatic nitrogens is 1. The summed E-state index contributed by atoms with van der Waals surface area (Å²) in [6, 6.07) is 24.1. The normalized spacial score (nSPS) is 13.8. The van der Waals surface area contributed by atoms with Crippen LogP contribution in [0, 0.1) is 5.92 Å². The highest BCUT2D eigenvalue weighted by atomic mass is 35.5. The molecule has 4 aromatic rings. The van der Waals surface area contributed by atoms with E-state index in [-0.39, 0.29) is 17.7 Å². The first-order valence-electron chi connectivity index (χ1n) is 11.9. The second kappa shape index (κ2) is 10.3. The smallest absolute Gasteiger partial charge is 0.272 e. The number of para-hydroxylation sites is 1. The third-order valence-electron chi connectivity index (χ3n) is 6.45. The SMILES string of the molecule is CC(=NNC(=O)c1cc(-c2ccc(Cl)cc2)nc2ccccc12)c1cccc(NC(=O)C2CCC2)c1. The molecule has 0 bridgehead atoms. The summed E-state index contributed by atoms with van der Waals surface area (Å²) in [5, 5.41) is 8.69. The molecule has 5 rings (SSSR count). The zero-order chi connectivity index (χ0) is 25.1. The number of nitrogens with one attached hydrogen (secondary N) is 2. The topological polar surface area (TPSA) is 83.4 Å². The number of carbonyl (C=O) groups excluding carboxylic acids is 2. The van der Waals surface area contributed by atoms with Crippen LogP contribution in [0.4, 0.5) is 5.69 Å². The number of rotatable bonds is 6. The second-order valence-electron chi connectivity index (χ2n) is 8.92. The fraction of sp³-hybridized carbons (Fsp3) is 0.172. The Balaban J connectivity index is 1.38. The minimum absolute atomic E-state index is 0.0577. The number of amides is 2. The van der Waals surface area contributed by atoms with Crippen LogP contribution in [0.5, 0.6) is 0 Å². The summed E-state index contributed by atoms with van der Waals surface area (Å²) >= 11 is 6.03. The standard InChI is InChI=1S/C29H25ClN4O2/c1-18(21-8-5-9-23(16-21)31-28(35)20-6-4-7-20)33-34-29(36)25-17-27(19-12-14-22(30)15-13-19)32-26-11-3-2-10-24(25)26/h2-3,5,8-17,20H,4,6-7H2,1H3,(H,31,35)(H,34,36). The number of hydrazone groups is 1. The van der Waals surface area contributed by atoms with Gasteiger partial charge in [0.2, 0.25) is 5.91 Å². The molecule has 0 radical (unpaired) electrons. The van der Waals surface area contributed by atoms with E-state index in [0.29, 0.717) is 27.5 Å². The van der Waals surface area contributed by atoms with Crippen molar-refractivity contribution in [3.8, 4) is 11.3 Å². The van der Waals surface area contributed by atoms with Crippen LogP contribution in [0.1, 0.15) is 42.1 Å². The lowest BCUT2D eigenvalue weighted by Crippen LogP contribution is -2.28. The van der Waals surface area contributed by atoms with Gasteiger partial charge in [0.25, 0.3) is 5.91 Å². The molecule has 1 aliphatic carbocycles. The molecule has 1 saturated carbocycles. The fourth-order valence-corrected chi connectivity index (χ4v) is 4.25. The number of anilines is 1. The lowest BCUT2D eigenvalue weighted by atomic mass is 9.85. The Morgan fingerprint density at radius 2 is 1.75 bits per heavy atom. The summed E-state index contributed by atoms with van der Waals surface area (Å²) in [6.45, 7) is 1.82. The average molecular weight is 497 g/mol. The molecule has 1 heterocycles. The molecule has 2 amide bonds. The third kappa shape index (κ3) is 5.14. The maximum absolute atomic E-state index is 13.2. The number of nitrogens with zero attached hydrogens (tertiary/aromatic N) is 2. The van der Waals surface area contributed by atoms with E-state index in [1.807, 2.05) is 67.6 Å². The maximum atomic E-state index is 13.2. The van der Waals surface area contributed by atoms with Gasteiger partial charge in [0.05, 0.1) is 22.5 Å². The van der Waals surface area contributed by atoms with E-state index in [9.17, 15) is 9.59 Å². The van der Waals surface area contributed by atoms with Crippen molar-refractivity contribution < 1.29 is 9.59 Å². The van der Waals surface area contributed by atoms with Crippen molar-refractivity contribution in [2.75, 3.05) is 5.32 Å². The maximum Gasteiger partial charge on any atom is 0.272 e. The average Bonchev–Trinajstić information content (AvgIpc) is 2.86. The zero-order valence-corrected chi connectivity index (χ0v) is 20.5. The molecule has 2 N–H and O–H groups in total. The van der Waals surface area contributed by atoms with Crippen molar-refractivity contribution in [1.29, 1.82) is 0 Å². The van der Waals surface area contributed by atoms with Crippen LogP contribution in [0.25, 0.3) is 22.2 Å². The molecule has 0 unspecified atom stereocenters. The number of hydrogen-bond acceptors (Lipinski definition) is 4. The van der Waals surface area contributed by atoms with Gasteiger partial charge in [-0.1, -0.05) is 60.5 Å². The minimum Gasteiger partial charge on any atom is -0.326 e. The van der Waals surface area contributed by atoms with E-state index < -0.39 is 0 Å². The number of hydrogen-bond donors (Lipinski definition) is 2. The highest BCUT2D eigenvalue weighted by Crippen LogP contribution is 2.28. The van der Waals surface area contributed by atoms with Crippen molar-refractivity contribution in [3.05, 3.63) is 95.0 Å². The van der Waals surface area contributed by atoms with Crippen LogP contribution < -0.4 is 10.7 Å². The van der Waals surface area contributed by atoms with Crippen LogP contribution in [-0.4, -0.2) is 22.5 Å². The van der Waals surface area contributed by atoms with E-state index in [2.05, 4.69) is 15.8 Å². The second-order valence-corrected chi connectivity index (χ2v) is 9.35. The van der Waals surface area contributed by atoms with Gasteiger partial charge in [-0.05, 0) is 61.7 Å². The molecule has 6 nitrogen and oxygen atoms in total. The summed E-state index contributed by atoms with van der Waals surface area (Å²) in [6.07, 6.45) is 3.00. The van der Waals surface area contributed by atoms with E-state index >= 15 is 0 Å². The molecule has 36 heavy (non-hydrogen) atoms. The van der Waals surface area contributed by atoms with Crippen LogP contribution >= 0.6 is 11.6 Å². The number of carbonyl (C=O) groups is 2. The van der Waals surface area contributed by atoms with Crippen molar-refractivity contribution in [2.45, 2.75) is 26.2 Å². The molecule has 7 heteroatoms. The Morgan fingerprint density at radius 3 is 2.50 bits per heavy atom. The Hall–Kier alpha value is -4.03. The van der Waals surface area contributed by atoms with Gasteiger partial charge in [0.15, 0.2) is 0 Å². The summed E-state index contributed by atoms with van der Waals surface area (Å²) < 4.78 is 0. The van der Waals surface area contributed by atoms with E-state index in [4.69, 9.17) is 16.6 Å². The first kappa shape index (κ1) is 23.7. The van der Waals surface area contributed by atoms with Gasteiger partial charge < -0.3 is 5.32 Å². The van der Waals surface area contributed by atoms with Crippen LogP contribution in [-0.2, 0) is 4.79 Å². The number of pyridine rings is 1. The Labute approximate surface area is 214 Å². The quantitative estimate of drug-likeness (QED) is 0.238. The summed E-state index contributed by atoms with van der Waals surface area (Å²) in [7, 11) is 0. The van der Waals surface area contributed by atoms with Gasteiger partial charge in [0, 0.05) is 27.6 Å². The highest BCUT2D eigenvalue weighted by Gasteiger charge is 2.25. The third-order valence-corrected chi connectivity index (χ3v) is 6.70. The molecule has 0 spiro atoms. The Bertz CT molecular complexity index is 1480. The molecular weight excluding hydrogens is 472 g/mol. The van der Waals surface area contributed by atoms with Crippen LogP contribution in [0.3, 0.4) is 0 Å². The van der Waals surface area contributed by atoms with Gasteiger partial charge in [-0.2, -0.15) is 5.10 Å². The van der Waals surface area contributed by atoms with Gasteiger partial charge in [-0.15, -0.1) is 0 Å².